The van der Waals surface area contributed by atoms with Gasteiger partial charge >= 0.3 is 5.97 Å². The number of carbonyl (C=O) groups is 2. The Bertz CT molecular complexity index is 1740. The van der Waals surface area contributed by atoms with E-state index in [-0.39, 0.29) is 11.5 Å². The van der Waals surface area contributed by atoms with Crippen molar-refractivity contribution in [3.8, 4) is 23.0 Å². The monoisotopic (exact) mass is 631 g/mol. The number of nitrogens with two attached hydrogens (primary N) is 1. The molecule has 1 heterocycles. The molecule has 1 fully saturated rings. The van der Waals surface area contributed by atoms with Gasteiger partial charge in [-0.25, -0.2) is 4.79 Å². The first-order valence-electron chi connectivity index (χ1n) is 15.4. The molecule has 6 rings (SSSR count). The summed E-state index contributed by atoms with van der Waals surface area (Å²) in [5, 5.41) is 0. The number of primary amides is 1. The summed E-state index contributed by atoms with van der Waals surface area (Å²) in [6.45, 7) is 0. The van der Waals surface area contributed by atoms with Gasteiger partial charge in [0.2, 0.25) is 0 Å². The molecule has 0 radical (unpaired) electrons. The van der Waals surface area contributed by atoms with Gasteiger partial charge < -0.3 is 29.4 Å². The first kappa shape index (κ1) is 31.5. The number of esters is 1. The van der Waals surface area contributed by atoms with Crippen LogP contribution in [0.4, 0.5) is 0 Å². The second-order valence-electron chi connectivity index (χ2n) is 11.5. The van der Waals surface area contributed by atoms with E-state index >= 15 is 0 Å². The molecule has 1 unspecified atom stereocenters. The Morgan fingerprint density at radius 3 is 1.47 bits per heavy atom. The van der Waals surface area contributed by atoms with Crippen molar-refractivity contribution in [2.75, 3.05) is 28.4 Å². The standard InChI is InChI=1S/C39H37NO7/c1-43-28-16-8-24(9-17-28)34(25-10-18-29(44-2)19-11-25)32-6-5-7-33(32)36-35(37(40)41)38(42)47-39(36,26-12-20-30(45-3)21-13-26)27-14-22-31(46-4)23-15-27/h8-23,33H,5-7H2,1-4H3,(H2,40,41). The molecule has 47 heavy (non-hydrogen) atoms. The lowest BCUT2D eigenvalue weighted by atomic mass is 9.71. The van der Waals surface area contributed by atoms with Crippen LogP contribution in [0.3, 0.4) is 0 Å². The molecule has 8 heteroatoms. The second kappa shape index (κ2) is 13.1. The van der Waals surface area contributed by atoms with Crippen LogP contribution < -0.4 is 24.7 Å². The zero-order valence-electron chi connectivity index (χ0n) is 26.9. The van der Waals surface area contributed by atoms with Gasteiger partial charge in [-0.2, -0.15) is 0 Å². The molecule has 2 aliphatic rings. The summed E-state index contributed by atoms with van der Waals surface area (Å²) < 4.78 is 28.2. The molecule has 0 bridgehead atoms. The predicted octanol–water partition coefficient (Wildman–Crippen LogP) is 6.61. The molecular formula is C39H37NO7. The lowest BCUT2D eigenvalue weighted by Gasteiger charge is -2.36. The van der Waals surface area contributed by atoms with Crippen molar-refractivity contribution in [3.05, 3.63) is 136 Å². The Labute approximate surface area is 274 Å². The van der Waals surface area contributed by atoms with E-state index in [1.54, 1.807) is 28.4 Å². The van der Waals surface area contributed by atoms with E-state index in [4.69, 9.17) is 29.4 Å². The first-order chi connectivity index (χ1) is 22.8. The summed E-state index contributed by atoms with van der Waals surface area (Å²) in [6.07, 6.45) is 2.26. The van der Waals surface area contributed by atoms with Crippen LogP contribution in [0.5, 0.6) is 23.0 Å². The zero-order chi connectivity index (χ0) is 33.1. The number of ether oxygens (including phenoxy) is 5. The number of cyclic esters (lactones) is 1. The molecule has 0 aromatic heterocycles. The second-order valence-corrected chi connectivity index (χ2v) is 11.5. The van der Waals surface area contributed by atoms with E-state index < -0.39 is 17.5 Å². The van der Waals surface area contributed by atoms with Crippen molar-refractivity contribution >= 4 is 17.4 Å². The number of amides is 1. The van der Waals surface area contributed by atoms with Crippen LogP contribution in [0.2, 0.25) is 0 Å². The van der Waals surface area contributed by atoms with Gasteiger partial charge in [0.05, 0.1) is 28.4 Å². The molecule has 1 saturated carbocycles. The third-order valence-corrected chi connectivity index (χ3v) is 9.12. The molecule has 4 aromatic rings. The number of hydrogen-bond donors (Lipinski definition) is 1. The van der Waals surface area contributed by atoms with E-state index in [1.807, 2.05) is 97.1 Å². The van der Waals surface area contributed by atoms with Crippen molar-refractivity contribution in [1.82, 2.24) is 0 Å². The van der Waals surface area contributed by atoms with Crippen molar-refractivity contribution < 1.29 is 33.3 Å². The van der Waals surface area contributed by atoms with Gasteiger partial charge in [0.1, 0.15) is 28.6 Å². The molecule has 0 saturated heterocycles. The third-order valence-electron chi connectivity index (χ3n) is 9.12. The molecule has 4 aromatic carbocycles. The summed E-state index contributed by atoms with van der Waals surface area (Å²) in [5.41, 5.74) is 10.4. The molecule has 8 nitrogen and oxygen atoms in total. The molecule has 0 spiro atoms. The maximum Gasteiger partial charge on any atom is 0.345 e. The van der Waals surface area contributed by atoms with Gasteiger partial charge in [0.15, 0.2) is 5.60 Å². The minimum atomic E-state index is -1.44. The minimum Gasteiger partial charge on any atom is -0.497 e. The Hall–Kier alpha value is -5.50. The minimum absolute atomic E-state index is 0.121. The maximum absolute atomic E-state index is 13.9. The van der Waals surface area contributed by atoms with Gasteiger partial charge in [0.25, 0.3) is 5.91 Å². The lowest BCUT2D eigenvalue weighted by Crippen LogP contribution is -2.34. The van der Waals surface area contributed by atoms with E-state index in [1.165, 1.54) is 0 Å². The van der Waals surface area contributed by atoms with Crippen molar-refractivity contribution in [1.29, 1.82) is 0 Å². The van der Waals surface area contributed by atoms with Crippen molar-refractivity contribution in [3.63, 3.8) is 0 Å². The van der Waals surface area contributed by atoms with Crippen LogP contribution >= 0.6 is 0 Å². The first-order valence-corrected chi connectivity index (χ1v) is 15.4. The zero-order valence-corrected chi connectivity index (χ0v) is 26.9. The van der Waals surface area contributed by atoms with Gasteiger partial charge in [-0.15, -0.1) is 0 Å². The van der Waals surface area contributed by atoms with E-state index in [2.05, 4.69) is 0 Å². The van der Waals surface area contributed by atoms with Crippen molar-refractivity contribution in [2.24, 2.45) is 11.7 Å². The smallest absolute Gasteiger partial charge is 0.345 e. The topological polar surface area (TPSA) is 106 Å². The normalized spacial score (nSPS) is 16.9. The fraction of sp³-hybridized carbons (Fsp3) is 0.231. The molecule has 1 aliphatic carbocycles. The highest BCUT2D eigenvalue weighted by Crippen LogP contribution is 2.56. The van der Waals surface area contributed by atoms with E-state index in [0.29, 0.717) is 34.6 Å². The Morgan fingerprint density at radius 2 is 1.09 bits per heavy atom. The number of methoxy groups -OCH3 is 4. The quantitative estimate of drug-likeness (QED) is 0.155. The van der Waals surface area contributed by atoms with Crippen LogP contribution in [0, 0.1) is 5.92 Å². The average Bonchev–Trinajstić information content (AvgIpc) is 3.71. The van der Waals surface area contributed by atoms with Gasteiger partial charge in [-0.1, -0.05) is 54.1 Å². The van der Waals surface area contributed by atoms with Gasteiger partial charge in [-0.05, 0) is 84.5 Å². The highest BCUT2D eigenvalue weighted by Gasteiger charge is 2.55. The summed E-state index contributed by atoms with van der Waals surface area (Å²) >= 11 is 0. The van der Waals surface area contributed by atoms with Gasteiger partial charge in [0, 0.05) is 22.6 Å². The fourth-order valence-corrected chi connectivity index (χ4v) is 6.95. The molecule has 240 valence electrons. The van der Waals surface area contributed by atoms with Crippen LogP contribution in [0.1, 0.15) is 41.5 Å². The van der Waals surface area contributed by atoms with E-state index in [9.17, 15) is 9.59 Å². The van der Waals surface area contributed by atoms with Crippen molar-refractivity contribution in [2.45, 2.75) is 24.9 Å². The average molecular weight is 632 g/mol. The SMILES string of the molecule is COc1ccc(C(=C2CCCC2C2=C(C(N)=O)C(=O)OC2(c2ccc(OC)cc2)c2ccc(OC)cc2)c2ccc(OC)cc2)cc1. The van der Waals surface area contributed by atoms with Gasteiger partial charge in [-0.3, -0.25) is 4.79 Å². The molecule has 1 amide bonds. The predicted molar refractivity (Wildman–Crippen MR) is 178 cm³/mol. The number of rotatable bonds is 10. The summed E-state index contributed by atoms with van der Waals surface area (Å²) in [6, 6.07) is 30.6. The molecule has 2 N–H and O–H groups in total. The highest BCUT2D eigenvalue weighted by molar-refractivity contribution is 6.18. The number of allylic oxidation sites excluding steroid dienone is 1. The van der Waals surface area contributed by atoms with Crippen LogP contribution in [-0.4, -0.2) is 40.3 Å². The number of hydrogen-bond acceptors (Lipinski definition) is 7. The van der Waals surface area contributed by atoms with Crippen LogP contribution in [0.25, 0.3) is 5.57 Å². The number of benzene rings is 4. The Morgan fingerprint density at radius 1 is 0.681 bits per heavy atom. The molecule has 1 atom stereocenters. The number of carbonyl (C=O) groups excluding carboxylic acids is 2. The van der Waals surface area contributed by atoms with Crippen LogP contribution in [-0.2, 0) is 19.9 Å². The Balaban J connectivity index is 1.66. The summed E-state index contributed by atoms with van der Waals surface area (Å²) in [5.74, 6) is 0.839. The maximum atomic E-state index is 13.9. The third kappa shape index (κ3) is 5.60. The lowest BCUT2D eigenvalue weighted by molar-refractivity contribution is -0.145. The molecular weight excluding hydrogens is 594 g/mol. The highest BCUT2D eigenvalue weighted by atomic mass is 16.6. The Kier molecular flexibility index (Phi) is 8.76. The fourth-order valence-electron chi connectivity index (χ4n) is 6.95. The summed E-state index contributed by atoms with van der Waals surface area (Å²) in [7, 11) is 6.46. The van der Waals surface area contributed by atoms with E-state index in [0.717, 1.165) is 46.6 Å². The van der Waals surface area contributed by atoms with Crippen LogP contribution in [0.15, 0.2) is 114 Å². The summed E-state index contributed by atoms with van der Waals surface area (Å²) in [4.78, 5) is 27.1. The molecule has 1 aliphatic heterocycles. The largest absolute Gasteiger partial charge is 0.497 e.